The summed E-state index contributed by atoms with van der Waals surface area (Å²) in [7, 11) is -1.66. The van der Waals surface area contributed by atoms with Crippen molar-refractivity contribution in [2.24, 2.45) is 4.99 Å². The van der Waals surface area contributed by atoms with Crippen LogP contribution in [0.3, 0.4) is 0 Å². The molecule has 0 fully saturated rings. The van der Waals surface area contributed by atoms with Crippen molar-refractivity contribution in [3.8, 4) is 0 Å². The number of hydrogen-bond donors (Lipinski definition) is 2. The molecule has 0 aliphatic heterocycles. The highest BCUT2D eigenvalue weighted by molar-refractivity contribution is 14.0. The molecule has 1 aromatic carbocycles. The lowest BCUT2D eigenvalue weighted by atomic mass is 10.4. The van der Waals surface area contributed by atoms with Gasteiger partial charge in [0.15, 0.2) is 15.8 Å². The van der Waals surface area contributed by atoms with Gasteiger partial charge < -0.3 is 15.4 Å². The predicted molar refractivity (Wildman–Crippen MR) is 107 cm³/mol. The zero-order chi connectivity index (χ0) is 16.4. The number of hydrogen-bond acceptors (Lipinski definition) is 4. The minimum atomic E-state index is -3.30. The van der Waals surface area contributed by atoms with Crippen LogP contribution in [0.15, 0.2) is 38.6 Å². The summed E-state index contributed by atoms with van der Waals surface area (Å²) in [5, 5.41) is 6.03. The fraction of sp³-hybridized carbons (Fsp3) is 0.500. The summed E-state index contributed by atoms with van der Waals surface area (Å²) in [5.74, 6) is 0.562. The molecule has 0 spiro atoms. The highest BCUT2D eigenvalue weighted by Gasteiger charge is 2.14. The second-order valence-electron chi connectivity index (χ2n) is 4.40. The van der Waals surface area contributed by atoms with Gasteiger partial charge in [0, 0.05) is 31.2 Å². The molecular weight excluding hydrogens is 497 g/mol. The van der Waals surface area contributed by atoms with Gasteiger partial charge in [-0.2, -0.15) is 0 Å². The summed E-state index contributed by atoms with van der Waals surface area (Å²) in [6.07, 6.45) is 0. The predicted octanol–water partition coefficient (Wildman–Crippen LogP) is 2.04. The summed E-state index contributed by atoms with van der Waals surface area (Å²) in [5.41, 5.74) is 0. The number of benzene rings is 1. The Bertz CT molecular complexity index is 579. The molecule has 0 saturated heterocycles. The Hall–Kier alpha value is -0.390. The van der Waals surface area contributed by atoms with Gasteiger partial charge in [-0.15, -0.1) is 24.0 Å². The molecule has 132 valence electrons. The molecule has 6 nitrogen and oxygen atoms in total. The van der Waals surface area contributed by atoms with Gasteiger partial charge in [0.1, 0.15) is 0 Å². The van der Waals surface area contributed by atoms with E-state index in [0.29, 0.717) is 30.6 Å². The lowest BCUT2D eigenvalue weighted by molar-refractivity contribution is 0.152. The van der Waals surface area contributed by atoms with Crippen LogP contribution < -0.4 is 10.6 Å². The average Bonchev–Trinajstić information content (AvgIpc) is 2.50. The second-order valence-corrected chi connectivity index (χ2v) is 7.42. The smallest absolute Gasteiger partial charge is 0.191 e. The summed E-state index contributed by atoms with van der Waals surface area (Å²) in [6, 6.07) is 6.62. The fourth-order valence-corrected chi connectivity index (χ4v) is 3.09. The standard InChI is InChI=1S/C14H22BrN3O3S.HI/c1-3-21-10-8-17-14(16-2)18-9-11-22(19,20)13-6-4-12(15)5-7-13;/h4-7H,3,8-11H2,1-2H3,(H2,16,17,18);1H. The van der Waals surface area contributed by atoms with Gasteiger partial charge in [-0.05, 0) is 31.2 Å². The monoisotopic (exact) mass is 519 g/mol. The zero-order valence-corrected chi connectivity index (χ0v) is 17.9. The molecule has 2 N–H and O–H groups in total. The minimum Gasteiger partial charge on any atom is -0.380 e. The van der Waals surface area contributed by atoms with Crippen molar-refractivity contribution in [3.63, 3.8) is 0 Å². The number of sulfone groups is 1. The number of nitrogens with zero attached hydrogens (tertiary/aromatic N) is 1. The van der Waals surface area contributed by atoms with E-state index >= 15 is 0 Å². The molecule has 0 aromatic heterocycles. The van der Waals surface area contributed by atoms with Gasteiger partial charge in [0.05, 0.1) is 17.3 Å². The van der Waals surface area contributed by atoms with Gasteiger partial charge in [-0.1, -0.05) is 15.9 Å². The highest BCUT2D eigenvalue weighted by atomic mass is 127. The Kier molecular flexibility index (Phi) is 11.8. The van der Waals surface area contributed by atoms with Crippen molar-refractivity contribution in [3.05, 3.63) is 28.7 Å². The van der Waals surface area contributed by atoms with E-state index in [-0.39, 0.29) is 36.3 Å². The molecule has 0 amide bonds. The summed E-state index contributed by atoms with van der Waals surface area (Å²) < 4.78 is 30.4. The second kappa shape index (κ2) is 12.0. The van der Waals surface area contributed by atoms with E-state index < -0.39 is 9.84 Å². The average molecular weight is 520 g/mol. The lowest BCUT2D eigenvalue weighted by Gasteiger charge is -2.12. The highest BCUT2D eigenvalue weighted by Crippen LogP contribution is 2.15. The van der Waals surface area contributed by atoms with E-state index in [1.807, 2.05) is 6.92 Å². The molecule has 1 aromatic rings. The Morgan fingerprint density at radius 1 is 1.22 bits per heavy atom. The van der Waals surface area contributed by atoms with Gasteiger partial charge in [0.25, 0.3) is 0 Å². The third-order valence-corrected chi connectivity index (χ3v) is 5.06. The first-order valence-electron chi connectivity index (χ1n) is 7.00. The van der Waals surface area contributed by atoms with Crippen LogP contribution in [0.5, 0.6) is 0 Å². The maximum atomic E-state index is 12.2. The van der Waals surface area contributed by atoms with E-state index in [1.54, 1.807) is 31.3 Å². The van der Waals surface area contributed by atoms with E-state index in [0.717, 1.165) is 4.47 Å². The van der Waals surface area contributed by atoms with Crippen molar-refractivity contribution in [2.75, 3.05) is 39.1 Å². The maximum absolute atomic E-state index is 12.2. The number of guanidine groups is 1. The van der Waals surface area contributed by atoms with Crippen LogP contribution in [0, 0.1) is 0 Å². The minimum absolute atomic E-state index is 0. The molecule has 0 heterocycles. The van der Waals surface area contributed by atoms with Crippen molar-refractivity contribution in [1.29, 1.82) is 0 Å². The largest absolute Gasteiger partial charge is 0.380 e. The molecule has 9 heteroatoms. The van der Waals surface area contributed by atoms with Gasteiger partial charge in [-0.25, -0.2) is 8.42 Å². The van der Waals surface area contributed by atoms with E-state index in [4.69, 9.17) is 4.74 Å². The number of aliphatic imine (C=N–C) groups is 1. The normalized spacial score (nSPS) is 11.7. The van der Waals surface area contributed by atoms with Gasteiger partial charge in [0.2, 0.25) is 0 Å². The molecule has 0 saturated carbocycles. The van der Waals surface area contributed by atoms with Crippen LogP contribution >= 0.6 is 39.9 Å². The molecule has 0 radical (unpaired) electrons. The Balaban J connectivity index is 0.00000484. The third-order valence-electron chi connectivity index (χ3n) is 2.80. The lowest BCUT2D eigenvalue weighted by Crippen LogP contribution is -2.40. The summed E-state index contributed by atoms with van der Waals surface area (Å²) in [6.45, 7) is 4.08. The first kappa shape index (κ1) is 22.6. The summed E-state index contributed by atoms with van der Waals surface area (Å²) >= 11 is 3.29. The van der Waals surface area contributed by atoms with Crippen molar-refractivity contribution < 1.29 is 13.2 Å². The maximum Gasteiger partial charge on any atom is 0.191 e. The zero-order valence-electron chi connectivity index (χ0n) is 13.2. The quantitative estimate of drug-likeness (QED) is 0.238. The number of halogens is 2. The van der Waals surface area contributed by atoms with E-state index in [2.05, 4.69) is 31.6 Å². The number of nitrogens with one attached hydrogen (secondary N) is 2. The fourth-order valence-electron chi connectivity index (χ4n) is 1.67. The topological polar surface area (TPSA) is 79.8 Å². The van der Waals surface area contributed by atoms with Gasteiger partial charge in [-0.3, -0.25) is 4.99 Å². The first-order valence-corrected chi connectivity index (χ1v) is 9.44. The van der Waals surface area contributed by atoms with Crippen LogP contribution in [0.2, 0.25) is 0 Å². The Labute approximate surface area is 163 Å². The van der Waals surface area contributed by atoms with Crippen LogP contribution in [0.25, 0.3) is 0 Å². The molecule has 0 unspecified atom stereocenters. The van der Waals surface area contributed by atoms with Crippen LogP contribution in [0.1, 0.15) is 6.92 Å². The SMILES string of the molecule is CCOCCNC(=NC)NCCS(=O)(=O)c1ccc(Br)cc1.I. The number of ether oxygens (including phenoxy) is 1. The first-order chi connectivity index (χ1) is 10.5. The molecule has 0 bridgehead atoms. The van der Waals surface area contributed by atoms with E-state index in [1.165, 1.54) is 0 Å². The molecular formula is C14H23BrIN3O3S. The van der Waals surface area contributed by atoms with Crippen molar-refractivity contribution in [1.82, 2.24) is 10.6 Å². The van der Waals surface area contributed by atoms with Crippen LogP contribution in [0.4, 0.5) is 0 Å². The molecule has 23 heavy (non-hydrogen) atoms. The van der Waals surface area contributed by atoms with E-state index in [9.17, 15) is 8.42 Å². The Morgan fingerprint density at radius 2 is 1.83 bits per heavy atom. The van der Waals surface area contributed by atoms with Gasteiger partial charge >= 0.3 is 0 Å². The van der Waals surface area contributed by atoms with Crippen molar-refractivity contribution >= 4 is 55.7 Å². The third kappa shape index (κ3) is 8.87. The molecule has 0 atom stereocenters. The Morgan fingerprint density at radius 3 is 2.39 bits per heavy atom. The summed E-state index contributed by atoms with van der Waals surface area (Å²) in [4.78, 5) is 4.34. The van der Waals surface area contributed by atoms with Crippen molar-refractivity contribution in [2.45, 2.75) is 11.8 Å². The molecule has 0 aliphatic rings. The molecule has 1 rings (SSSR count). The molecule has 0 aliphatic carbocycles. The van der Waals surface area contributed by atoms with Crippen LogP contribution in [-0.2, 0) is 14.6 Å². The number of rotatable bonds is 8. The van der Waals surface area contributed by atoms with Crippen LogP contribution in [-0.4, -0.2) is 53.5 Å².